The van der Waals surface area contributed by atoms with Crippen LogP contribution >= 0.6 is 12.6 Å². The highest BCUT2D eigenvalue weighted by atomic mass is 32.1. The second-order valence-electron chi connectivity index (χ2n) is 1.26. The molecule has 3 nitrogen and oxygen atoms in total. The van der Waals surface area contributed by atoms with Gasteiger partial charge in [-0.25, -0.2) is 4.79 Å². The first kappa shape index (κ1) is 8.62. The van der Waals surface area contributed by atoms with Crippen LogP contribution in [-0.2, 0) is 9.47 Å². The van der Waals surface area contributed by atoms with E-state index in [9.17, 15) is 4.79 Å². The Morgan fingerprint density at radius 3 is 2.67 bits per heavy atom. The minimum absolute atomic E-state index is 0.307. The van der Waals surface area contributed by atoms with E-state index in [2.05, 4.69) is 22.1 Å². The lowest BCUT2D eigenvalue weighted by atomic mass is 10.8. The number of carbonyl (C=O) groups excluding carboxylic acids is 1. The van der Waals surface area contributed by atoms with Gasteiger partial charge in [-0.1, -0.05) is 0 Å². The molecular formula is C5H10O3S. The number of rotatable bonds is 3. The Balaban J connectivity index is 3.06. The third-order valence-electron chi connectivity index (χ3n) is 0.573. The molecule has 0 radical (unpaired) electrons. The van der Waals surface area contributed by atoms with Gasteiger partial charge in [0.25, 0.3) is 0 Å². The van der Waals surface area contributed by atoms with E-state index in [0.717, 1.165) is 0 Å². The van der Waals surface area contributed by atoms with Crippen LogP contribution < -0.4 is 0 Å². The van der Waals surface area contributed by atoms with Crippen LogP contribution in [0.25, 0.3) is 0 Å². The molecule has 0 rings (SSSR count). The normalized spacial score (nSPS) is 8.67. The molecule has 0 fully saturated rings. The van der Waals surface area contributed by atoms with Gasteiger partial charge < -0.3 is 9.47 Å². The van der Waals surface area contributed by atoms with Crippen molar-refractivity contribution < 1.29 is 14.3 Å². The zero-order valence-corrected chi connectivity index (χ0v) is 6.19. The van der Waals surface area contributed by atoms with Crippen molar-refractivity contribution in [1.82, 2.24) is 0 Å². The van der Waals surface area contributed by atoms with Gasteiger partial charge in [0.15, 0.2) is 0 Å². The highest BCUT2D eigenvalue weighted by Crippen LogP contribution is 1.84. The molecule has 0 aliphatic heterocycles. The standard InChI is InChI=1S/C5H10O3S/c1-2-7-5(6)8-3-4-9/h9H,2-4H2,1H3. The van der Waals surface area contributed by atoms with Crippen molar-refractivity contribution in [3.05, 3.63) is 0 Å². The Bertz CT molecular complexity index is 84.3. The van der Waals surface area contributed by atoms with Gasteiger partial charge in [0.2, 0.25) is 0 Å². The molecule has 0 saturated heterocycles. The molecule has 4 heteroatoms. The summed E-state index contributed by atoms with van der Waals surface area (Å²) in [7, 11) is 0. The summed E-state index contributed by atoms with van der Waals surface area (Å²) in [4.78, 5) is 10.3. The van der Waals surface area contributed by atoms with E-state index in [1.165, 1.54) is 0 Å². The molecule has 0 bridgehead atoms. The van der Waals surface area contributed by atoms with Gasteiger partial charge in [0.1, 0.15) is 6.61 Å². The van der Waals surface area contributed by atoms with Crippen LogP contribution in [0.2, 0.25) is 0 Å². The van der Waals surface area contributed by atoms with Gasteiger partial charge in [0, 0.05) is 5.75 Å². The van der Waals surface area contributed by atoms with Crippen molar-refractivity contribution in [3.8, 4) is 0 Å². The summed E-state index contributed by atoms with van der Waals surface area (Å²) < 4.78 is 8.94. The lowest BCUT2D eigenvalue weighted by Crippen LogP contribution is -2.08. The van der Waals surface area contributed by atoms with E-state index in [4.69, 9.17) is 0 Å². The topological polar surface area (TPSA) is 35.5 Å². The van der Waals surface area contributed by atoms with Crippen molar-refractivity contribution in [3.63, 3.8) is 0 Å². The van der Waals surface area contributed by atoms with Crippen LogP contribution in [0.5, 0.6) is 0 Å². The first-order valence-corrected chi connectivity index (χ1v) is 3.35. The second-order valence-corrected chi connectivity index (χ2v) is 1.70. The minimum Gasteiger partial charge on any atom is -0.435 e. The van der Waals surface area contributed by atoms with E-state index < -0.39 is 6.16 Å². The average Bonchev–Trinajstić information content (AvgIpc) is 1.85. The monoisotopic (exact) mass is 150 g/mol. The molecule has 0 aromatic carbocycles. The Kier molecular flexibility index (Phi) is 5.51. The van der Waals surface area contributed by atoms with Gasteiger partial charge in [-0.15, -0.1) is 0 Å². The Hall–Kier alpha value is -0.380. The Labute approximate surface area is 59.7 Å². The Morgan fingerprint density at radius 2 is 2.22 bits per heavy atom. The van der Waals surface area contributed by atoms with Crippen LogP contribution in [0.15, 0.2) is 0 Å². The van der Waals surface area contributed by atoms with Crippen LogP contribution in [0.1, 0.15) is 6.92 Å². The van der Waals surface area contributed by atoms with E-state index in [-0.39, 0.29) is 0 Å². The van der Waals surface area contributed by atoms with E-state index in [1.807, 2.05) is 0 Å². The molecule has 0 aliphatic carbocycles. The van der Waals surface area contributed by atoms with E-state index in [0.29, 0.717) is 19.0 Å². The molecule has 54 valence electrons. The van der Waals surface area contributed by atoms with Crippen LogP contribution in [0.3, 0.4) is 0 Å². The summed E-state index contributed by atoms with van der Waals surface area (Å²) in [6.45, 7) is 2.38. The highest BCUT2D eigenvalue weighted by molar-refractivity contribution is 7.80. The quantitative estimate of drug-likeness (QED) is 0.483. The van der Waals surface area contributed by atoms with Crippen LogP contribution in [0.4, 0.5) is 4.79 Å². The molecule has 0 amide bonds. The zero-order valence-electron chi connectivity index (χ0n) is 5.29. The summed E-state index contributed by atoms with van der Waals surface area (Å²) in [6, 6.07) is 0. The summed E-state index contributed by atoms with van der Waals surface area (Å²) in [5.74, 6) is 0.527. The van der Waals surface area contributed by atoms with Gasteiger partial charge in [-0.2, -0.15) is 12.6 Å². The second kappa shape index (κ2) is 5.75. The molecule has 0 unspecified atom stereocenters. The summed E-state index contributed by atoms with van der Waals surface area (Å²) in [5.41, 5.74) is 0. The first-order chi connectivity index (χ1) is 4.31. The minimum atomic E-state index is -0.619. The van der Waals surface area contributed by atoms with Crippen molar-refractivity contribution in [1.29, 1.82) is 0 Å². The largest absolute Gasteiger partial charge is 0.508 e. The van der Waals surface area contributed by atoms with Crippen molar-refractivity contribution in [2.24, 2.45) is 0 Å². The lowest BCUT2D eigenvalue weighted by Gasteiger charge is -2.00. The maximum absolute atomic E-state index is 10.3. The first-order valence-electron chi connectivity index (χ1n) is 2.71. The van der Waals surface area contributed by atoms with Crippen molar-refractivity contribution >= 4 is 18.8 Å². The third kappa shape index (κ3) is 5.49. The lowest BCUT2D eigenvalue weighted by molar-refractivity contribution is 0.0638. The van der Waals surface area contributed by atoms with E-state index in [1.54, 1.807) is 6.92 Å². The van der Waals surface area contributed by atoms with Crippen molar-refractivity contribution in [2.75, 3.05) is 19.0 Å². The number of hydrogen-bond donors (Lipinski definition) is 1. The molecule has 0 aromatic heterocycles. The number of ether oxygens (including phenoxy) is 2. The molecule has 0 heterocycles. The summed E-state index contributed by atoms with van der Waals surface area (Å²) in [6.07, 6.45) is -0.619. The highest BCUT2D eigenvalue weighted by Gasteiger charge is 1.98. The average molecular weight is 150 g/mol. The number of thiol groups is 1. The molecule has 0 aromatic rings. The van der Waals surface area contributed by atoms with Gasteiger partial charge in [-0.3, -0.25) is 0 Å². The van der Waals surface area contributed by atoms with Crippen LogP contribution in [-0.4, -0.2) is 25.1 Å². The molecule has 0 atom stereocenters. The maximum Gasteiger partial charge on any atom is 0.508 e. The van der Waals surface area contributed by atoms with Gasteiger partial charge >= 0.3 is 6.16 Å². The molecule has 0 spiro atoms. The fourth-order valence-electron chi connectivity index (χ4n) is 0.288. The fraction of sp³-hybridized carbons (Fsp3) is 0.800. The predicted octanol–water partition coefficient (Wildman–Crippen LogP) is 1.09. The van der Waals surface area contributed by atoms with Crippen molar-refractivity contribution in [2.45, 2.75) is 6.92 Å². The third-order valence-corrected chi connectivity index (χ3v) is 0.756. The summed E-state index contributed by atoms with van der Waals surface area (Å²) >= 11 is 3.83. The van der Waals surface area contributed by atoms with Crippen LogP contribution in [0, 0.1) is 0 Å². The maximum atomic E-state index is 10.3. The fourth-order valence-corrected chi connectivity index (χ4v) is 0.380. The number of hydrogen-bond acceptors (Lipinski definition) is 4. The molecule has 0 saturated carbocycles. The smallest absolute Gasteiger partial charge is 0.435 e. The Morgan fingerprint density at radius 1 is 1.56 bits per heavy atom. The van der Waals surface area contributed by atoms with Gasteiger partial charge in [-0.05, 0) is 6.92 Å². The zero-order chi connectivity index (χ0) is 7.11. The van der Waals surface area contributed by atoms with E-state index >= 15 is 0 Å². The predicted molar refractivity (Wildman–Crippen MR) is 36.8 cm³/mol. The molecular weight excluding hydrogens is 140 g/mol. The molecule has 0 aliphatic rings. The number of carbonyl (C=O) groups is 1. The molecule has 0 N–H and O–H groups in total. The summed E-state index contributed by atoms with van der Waals surface area (Å²) in [5, 5.41) is 0. The molecule has 9 heavy (non-hydrogen) atoms. The van der Waals surface area contributed by atoms with Gasteiger partial charge in [0.05, 0.1) is 6.61 Å². The SMILES string of the molecule is CCOC(=O)OCCS.